The highest BCUT2D eigenvalue weighted by Gasteiger charge is 2.34. The van der Waals surface area contributed by atoms with E-state index in [1.807, 2.05) is 19.2 Å². The van der Waals surface area contributed by atoms with Gasteiger partial charge in [0.05, 0.1) is 0 Å². The molecule has 0 aliphatic carbocycles. The normalized spacial score (nSPS) is 21.1. The van der Waals surface area contributed by atoms with E-state index in [0.717, 1.165) is 29.7 Å². The molecule has 1 fully saturated rings. The van der Waals surface area contributed by atoms with E-state index in [4.69, 9.17) is 0 Å². The third-order valence-electron chi connectivity index (χ3n) is 3.97. The topological polar surface area (TPSA) is 49.4 Å². The second-order valence-electron chi connectivity index (χ2n) is 6.17. The summed E-state index contributed by atoms with van der Waals surface area (Å²) in [5, 5.41) is 5.29. The van der Waals surface area contributed by atoms with E-state index in [0.29, 0.717) is 24.0 Å². The number of thiophene rings is 1. The summed E-state index contributed by atoms with van der Waals surface area (Å²) in [5.74, 6) is 0. The van der Waals surface area contributed by atoms with Crippen molar-refractivity contribution < 1.29 is 8.42 Å². The van der Waals surface area contributed by atoms with Gasteiger partial charge in [-0.25, -0.2) is 8.42 Å². The first kappa shape index (κ1) is 16.9. The Morgan fingerprint density at radius 2 is 2.14 bits per heavy atom. The van der Waals surface area contributed by atoms with Crippen molar-refractivity contribution in [2.45, 2.75) is 70.5 Å². The second kappa shape index (κ2) is 6.77. The summed E-state index contributed by atoms with van der Waals surface area (Å²) >= 11 is 1.54. The van der Waals surface area contributed by atoms with E-state index >= 15 is 0 Å². The van der Waals surface area contributed by atoms with Crippen molar-refractivity contribution in [3.8, 4) is 0 Å². The van der Waals surface area contributed by atoms with E-state index in [9.17, 15) is 8.42 Å². The summed E-state index contributed by atoms with van der Waals surface area (Å²) in [6, 6.07) is 0.450. The van der Waals surface area contributed by atoms with Gasteiger partial charge in [-0.1, -0.05) is 20.3 Å². The summed E-state index contributed by atoms with van der Waals surface area (Å²) in [7, 11) is -3.37. The fourth-order valence-corrected chi connectivity index (χ4v) is 6.21. The van der Waals surface area contributed by atoms with Crippen molar-refractivity contribution >= 4 is 21.4 Å². The highest BCUT2D eigenvalue weighted by Crippen LogP contribution is 2.32. The van der Waals surface area contributed by atoms with Crippen LogP contribution >= 0.6 is 11.3 Å². The van der Waals surface area contributed by atoms with Crippen LogP contribution in [0.2, 0.25) is 0 Å². The number of hydrogen-bond donors (Lipinski definition) is 1. The molecule has 1 N–H and O–H groups in total. The molecular formula is C15H26N2O2S2. The molecule has 1 aliphatic rings. The van der Waals surface area contributed by atoms with Crippen molar-refractivity contribution in [1.29, 1.82) is 0 Å². The van der Waals surface area contributed by atoms with E-state index in [2.05, 4.69) is 19.2 Å². The number of hydrogen-bond acceptors (Lipinski definition) is 4. The predicted molar refractivity (Wildman–Crippen MR) is 88.2 cm³/mol. The first-order valence-corrected chi connectivity index (χ1v) is 9.98. The predicted octanol–water partition coefficient (Wildman–Crippen LogP) is 3.12. The highest BCUT2D eigenvalue weighted by atomic mass is 32.2. The lowest BCUT2D eigenvalue weighted by atomic mass is 10.1. The largest absolute Gasteiger partial charge is 0.310 e. The summed E-state index contributed by atoms with van der Waals surface area (Å²) in [6.07, 6.45) is 3.05. The van der Waals surface area contributed by atoms with Crippen LogP contribution in [-0.2, 0) is 16.6 Å². The quantitative estimate of drug-likeness (QED) is 0.902. The second-order valence-corrected chi connectivity index (χ2v) is 8.96. The number of nitrogens with one attached hydrogen (secondary N) is 1. The van der Waals surface area contributed by atoms with Gasteiger partial charge in [0.15, 0.2) is 0 Å². The van der Waals surface area contributed by atoms with Gasteiger partial charge in [-0.3, -0.25) is 0 Å². The zero-order valence-electron chi connectivity index (χ0n) is 13.3. The van der Waals surface area contributed by atoms with Crippen LogP contribution < -0.4 is 5.32 Å². The Balaban J connectivity index is 2.33. The van der Waals surface area contributed by atoms with E-state index < -0.39 is 10.0 Å². The maximum absolute atomic E-state index is 13.0. The van der Waals surface area contributed by atoms with Crippen molar-refractivity contribution in [3.05, 3.63) is 15.8 Å². The number of rotatable bonds is 5. The minimum atomic E-state index is -3.37. The van der Waals surface area contributed by atoms with Crippen molar-refractivity contribution in [2.24, 2.45) is 0 Å². The van der Waals surface area contributed by atoms with Gasteiger partial charge in [-0.2, -0.15) is 4.31 Å². The van der Waals surface area contributed by atoms with Crippen LogP contribution in [0.4, 0.5) is 0 Å². The van der Waals surface area contributed by atoms with Crippen LogP contribution in [0.3, 0.4) is 0 Å². The molecule has 4 nitrogen and oxygen atoms in total. The standard InChI is InChI=1S/C15H26N2O2S2/c1-11(2)16-9-14-15(12(3)10-20-14)21(18,19)17-8-6-5-7-13(17)4/h10-11,13,16H,5-9H2,1-4H3. The molecule has 0 spiro atoms. The number of sulfonamides is 1. The molecule has 0 aromatic carbocycles. The average Bonchev–Trinajstić information content (AvgIpc) is 2.78. The maximum Gasteiger partial charge on any atom is 0.244 e. The van der Waals surface area contributed by atoms with E-state index in [1.54, 1.807) is 15.6 Å². The Morgan fingerprint density at radius 3 is 2.76 bits per heavy atom. The molecule has 1 aromatic rings. The fourth-order valence-electron chi connectivity index (χ4n) is 2.80. The van der Waals surface area contributed by atoms with Gasteiger partial charge in [0.2, 0.25) is 10.0 Å². The Kier molecular flexibility index (Phi) is 5.46. The zero-order chi connectivity index (χ0) is 15.6. The minimum Gasteiger partial charge on any atom is -0.310 e. The molecule has 0 amide bonds. The Hall–Kier alpha value is -0.430. The monoisotopic (exact) mass is 330 g/mol. The van der Waals surface area contributed by atoms with Gasteiger partial charge in [0, 0.05) is 30.1 Å². The van der Waals surface area contributed by atoms with Crippen LogP contribution in [0.15, 0.2) is 10.3 Å². The van der Waals surface area contributed by atoms with Crippen LogP contribution in [0.25, 0.3) is 0 Å². The molecule has 1 aromatic heterocycles. The number of nitrogens with zero attached hydrogens (tertiary/aromatic N) is 1. The Bertz CT molecular complexity index is 578. The van der Waals surface area contributed by atoms with Gasteiger partial charge >= 0.3 is 0 Å². The van der Waals surface area contributed by atoms with Crippen LogP contribution in [0, 0.1) is 6.92 Å². The van der Waals surface area contributed by atoms with Gasteiger partial charge in [0.25, 0.3) is 0 Å². The molecule has 21 heavy (non-hydrogen) atoms. The van der Waals surface area contributed by atoms with Crippen molar-refractivity contribution in [1.82, 2.24) is 9.62 Å². The summed E-state index contributed by atoms with van der Waals surface area (Å²) in [5.41, 5.74) is 0.873. The smallest absolute Gasteiger partial charge is 0.244 e. The average molecular weight is 331 g/mol. The summed E-state index contributed by atoms with van der Waals surface area (Å²) < 4.78 is 27.8. The van der Waals surface area contributed by atoms with Crippen molar-refractivity contribution in [2.75, 3.05) is 6.54 Å². The summed E-state index contributed by atoms with van der Waals surface area (Å²) in [6.45, 7) is 9.33. The molecule has 0 bridgehead atoms. The molecule has 0 saturated carbocycles. The molecule has 2 heterocycles. The zero-order valence-corrected chi connectivity index (χ0v) is 15.0. The lowest BCUT2D eigenvalue weighted by Gasteiger charge is -2.32. The molecule has 2 rings (SSSR count). The fraction of sp³-hybridized carbons (Fsp3) is 0.733. The summed E-state index contributed by atoms with van der Waals surface area (Å²) in [4.78, 5) is 1.47. The van der Waals surface area contributed by atoms with E-state index in [1.165, 1.54) is 0 Å². The SMILES string of the molecule is Cc1csc(CNC(C)C)c1S(=O)(=O)N1CCCCC1C. The van der Waals surface area contributed by atoms with Crippen LogP contribution in [-0.4, -0.2) is 31.4 Å². The molecule has 1 aliphatic heterocycles. The maximum atomic E-state index is 13.0. The van der Waals surface area contributed by atoms with Gasteiger partial charge < -0.3 is 5.32 Å². The van der Waals surface area contributed by atoms with Gasteiger partial charge in [0.1, 0.15) is 4.90 Å². The molecule has 1 atom stereocenters. The van der Waals surface area contributed by atoms with Gasteiger partial charge in [-0.15, -0.1) is 11.3 Å². The third-order valence-corrected chi connectivity index (χ3v) is 7.45. The molecule has 0 radical (unpaired) electrons. The highest BCUT2D eigenvalue weighted by molar-refractivity contribution is 7.89. The van der Waals surface area contributed by atoms with Crippen LogP contribution in [0.5, 0.6) is 0 Å². The van der Waals surface area contributed by atoms with E-state index in [-0.39, 0.29) is 6.04 Å². The first-order valence-electron chi connectivity index (χ1n) is 7.66. The van der Waals surface area contributed by atoms with Crippen molar-refractivity contribution in [3.63, 3.8) is 0 Å². The van der Waals surface area contributed by atoms with Crippen LogP contribution in [0.1, 0.15) is 50.5 Å². The lowest BCUT2D eigenvalue weighted by Crippen LogP contribution is -2.42. The Morgan fingerprint density at radius 1 is 1.43 bits per heavy atom. The third kappa shape index (κ3) is 3.67. The number of aryl methyl sites for hydroxylation is 1. The molecule has 1 saturated heterocycles. The molecule has 1 unspecified atom stereocenters. The number of piperidine rings is 1. The first-order chi connectivity index (χ1) is 9.84. The molecule has 120 valence electrons. The molecule has 6 heteroatoms. The lowest BCUT2D eigenvalue weighted by molar-refractivity contribution is 0.268. The van der Waals surface area contributed by atoms with Gasteiger partial charge in [-0.05, 0) is 37.6 Å². The minimum absolute atomic E-state index is 0.106. The Labute approximate surface area is 132 Å². The molecular weight excluding hydrogens is 304 g/mol.